The minimum atomic E-state index is -4.01. The van der Waals surface area contributed by atoms with Crippen LogP contribution in [0.5, 0.6) is 0 Å². The summed E-state index contributed by atoms with van der Waals surface area (Å²) in [6.45, 7) is 3.98. The summed E-state index contributed by atoms with van der Waals surface area (Å²) in [7, 11) is -4.01. The fraction of sp³-hybridized carbons (Fsp3) is 0.286. The number of non-ortho nitro benzene ring substituents is 1. The van der Waals surface area contributed by atoms with Crippen LogP contribution in [0.25, 0.3) is 10.8 Å². The van der Waals surface area contributed by atoms with Gasteiger partial charge in [0.05, 0.1) is 15.2 Å². The first-order valence-corrected chi connectivity index (χ1v) is 11.6. The highest BCUT2D eigenvalue weighted by atomic mass is 32.2. The Morgan fingerprint density at radius 2 is 1.82 bits per heavy atom. The van der Waals surface area contributed by atoms with E-state index in [0.29, 0.717) is 17.3 Å². The van der Waals surface area contributed by atoms with E-state index in [1.807, 2.05) is 13.8 Å². The molecule has 3 rings (SSSR count). The van der Waals surface area contributed by atoms with E-state index in [9.17, 15) is 28.1 Å². The smallest absolute Gasteiger partial charge is 0.274 e. The summed E-state index contributed by atoms with van der Waals surface area (Å²) in [4.78, 5) is 35.4. The molecule has 0 bridgehead atoms. The standard InChI is InChI=1S/C21H23N5O6S/c1-14(2)13-25-21(28)18-9-4-3-8-17(18)19(24-25)20(27)22-10-11-23-33(31,32)16-7-5-6-15(12-16)26(29)30/h3-9,12,14,23H,10-11,13H2,1-2H3,(H,22,27). The molecule has 0 aliphatic carbocycles. The number of nitrogens with one attached hydrogen (secondary N) is 2. The predicted molar refractivity (Wildman–Crippen MR) is 121 cm³/mol. The van der Waals surface area contributed by atoms with Gasteiger partial charge in [0, 0.05) is 37.2 Å². The number of hydrogen-bond acceptors (Lipinski definition) is 7. The van der Waals surface area contributed by atoms with Gasteiger partial charge >= 0.3 is 0 Å². The maximum atomic E-state index is 12.8. The molecule has 33 heavy (non-hydrogen) atoms. The quantitative estimate of drug-likeness (QED) is 0.272. The zero-order valence-electron chi connectivity index (χ0n) is 18.0. The van der Waals surface area contributed by atoms with Crippen molar-refractivity contribution in [1.82, 2.24) is 19.8 Å². The SMILES string of the molecule is CC(C)Cn1nc(C(=O)NCCNS(=O)(=O)c2cccc([N+](=O)[O-])c2)c2ccccc2c1=O. The van der Waals surface area contributed by atoms with E-state index in [0.717, 1.165) is 6.07 Å². The lowest BCUT2D eigenvalue weighted by Crippen LogP contribution is -2.36. The van der Waals surface area contributed by atoms with Crippen LogP contribution in [0, 0.1) is 16.0 Å². The van der Waals surface area contributed by atoms with E-state index in [1.54, 1.807) is 24.3 Å². The highest BCUT2D eigenvalue weighted by molar-refractivity contribution is 7.89. The Morgan fingerprint density at radius 3 is 2.48 bits per heavy atom. The molecule has 0 atom stereocenters. The zero-order chi connectivity index (χ0) is 24.2. The third-order valence-corrected chi connectivity index (χ3v) is 6.12. The van der Waals surface area contributed by atoms with Gasteiger partial charge in [0.2, 0.25) is 10.0 Å². The molecule has 0 saturated heterocycles. The average molecular weight is 474 g/mol. The van der Waals surface area contributed by atoms with E-state index in [-0.39, 0.29) is 40.8 Å². The number of nitro benzene ring substituents is 1. The summed E-state index contributed by atoms with van der Waals surface area (Å²) in [5, 5.41) is 18.5. The normalized spacial score (nSPS) is 11.6. The molecular formula is C21H23N5O6S. The Kier molecular flexibility index (Phi) is 7.19. The fourth-order valence-corrected chi connectivity index (χ4v) is 4.24. The van der Waals surface area contributed by atoms with E-state index in [4.69, 9.17) is 0 Å². The predicted octanol–water partition coefficient (Wildman–Crippen LogP) is 1.67. The number of carbonyl (C=O) groups is 1. The lowest BCUT2D eigenvalue weighted by atomic mass is 10.1. The number of sulfonamides is 1. The van der Waals surface area contributed by atoms with Gasteiger partial charge in [-0.25, -0.2) is 17.8 Å². The Balaban J connectivity index is 1.72. The van der Waals surface area contributed by atoms with Crippen LogP contribution < -0.4 is 15.6 Å². The van der Waals surface area contributed by atoms with E-state index in [2.05, 4.69) is 15.1 Å². The van der Waals surface area contributed by atoms with Gasteiger partial charge in [-0.15, -0.1) is 0 Å². The number of rotatable bonds is 9. The molecule has 2 N–H and O–H groups in total. The molecular weight excluding hydrogens is 450 g/mol. The van der Waals surface area contributed by atoms with E-state index < -0.39 is 20.9 Å². The number of hydrogen-bond donors (Lipinski definition) is 2. The van der Waals surface area contributed by atoms with Gasteiger partial charge in [-0.3, -0.25) is 19.7 Å². The number of benzene rings is 2. The van der Waals surface area contributed by atoms with Crippen LogP contribution in [0.3, 0.4) is 0 Å². The van der Waals surface area contributed by atoms with Gasteiger partial charge in [0.15, 0.2) is 5.69 Å². The first kappa shape index (κ1) is 24.0. The third-order valence-electron chi connectivity index (χ3n) is 4.66. The van der Waals surface area contributed by atoms with Gasteiger partial charge in [-0.1, -0.05) is 38.1 Å². The van der Waals surface area contributed by atoms with Crippen molar-refractivity contribution in [1.29, 1.82) is 0 Å². The van der Waals surface area contributed by atoms with E-state index in [1.165, 1.54) is 22.9 Å². The number of nitro groups is 1. The number of carbonyl (C=O) groups excluding carboxylic acids is 1. The minimum absolute atomic E-state index is 0.0624. The molecule has 0 aliphatic heterocycles. The summed E-state index contributed by atoms with van der Waals surface area (Å²) >= 11 is 0. The summed E-state index contributed by atoms with van der Waals surface area (Å²) in [5.41, 5.74) is -0.575. The summed E-state index contributed by atoms with van der Waals surface area (Å²) in [5.74, 6) is -0.422. The molecule has 11 nitrogen and oxygen atoms in total. The van der Waals surface area contributed by atoms with Gasteiger partial charge in [0.1, 0.15) is 0 Å². The lowest BCUT2D eigenvalue weighted by Gasteiger charge is -2.13. The zero-order valence-corrected chi connectivity index (χ0v) is 18.8. The van der Waals surface area contributed by atoms with Crippen LogP contribution >= 0.6 is 0 Å². The van der Waals surface area contributed by atoms with Crippen LogP contribution in [-0.2, 0) is 16.6 Å². The molecule has 1 amide bonds. The van der Waals surface area contributed by atoms with Gasteiger partial charge in [-0.2, -0.15) is 5.10 Å². The van der Waals surface area contributed by atoms with Gasteiger partial charge in [-0.05, 0) is 18.1 Å². The lowest BCUT2D eigenvalue weighted by molar-refractivity contribution is -0.385. The van der Waals surface area contributed by atoms with Crippen molar-refractivity contribution in [3.8, 4) is 0 Å². The van der Waals surface area contributed by atoms with Crippen LogP contribution in [0.4, 0.5) is 5.69 Å². The van der Waals surface area contributed by atoms with Crippen molar-refractivity contribution in [3.63, 3.8) is 0 Å². The van der Waals surface area contributed by atoms with Crippen LogP contribution in [0.2, 0.25) is 0 Å². The number of fused-ring (bicyclic) bond motifs is 1. The van der Waals surface area contributed by atoms with E-state index >= 15 is 0 Å². The van der Waals surface area contributed by atoms with Gasteiger partial charge in [0.25, 0.3) is 17.2 Å². The molecule has 0 saturated carbocycles. The maximum Gasteiger partial charge on any atom is 0.274 e. The second kappa shape index (κ2) is 9.88. The molecule has 0 unspecified atom stereocenters. The van der Waals surface area contributed by atoms with Crippen LogP contribution in [-0.4, -0.2) is 42.1 Å². The molecule has 1 aromatic heterocycles. The molecule has 1 heterocycles. The molecule has 12 heteroatoms. The molecule has 174 valence electrons. The molecule has 3 aromatic rings. The Bertz CT molecular complexity index is 1370. The molecule has 0 radical (unpaired) electrons. The minimum Gasteiger partial charge on any atom is -0.349 e. The highest BCUT2D eigenvalue weighted by Gasteiger charge is 2.19. The van der Waals surface area contributed by atoms with Crippen LogP contribution in [0.1, 0.15) is 24.3 Å². The molecule has 0 spiro atoms. The number of aromatic nitrogens is 2. The van der Waals surface area contributed by atoms with Crippen LogP contribution in [0.15, 0.2) is 58.2 Å². The fourth-order valence-electron chi connectivity index (χ4n) is 3.17. The summed E-state index contributed by atoms with van der Waals surface area (Å²) in [6, 6.07) is 11.3. The molecule has 0 fully saturated rings. The highest BCUT2D eigenvalue weighted by Crippen LogP contribution is 2.17. The maximum absolute atomic E-state index is 12.8. The summed E-state index contributed by atoms with van der Waals surface area (Å²) in [6.07, 6.45) is 0. The third kappa shape index (κ3) is 5.59. The van der Waals surface area contributed by atoms with Crippen molar-refractivity contribution in [3.05, 3.63) is 74.7 Å². The topological polar surface area (TPSA) is 153 Å². The van der Waals surface area contributed by atoms with Crippen molar-refractivity contribution in [2.45, 2.75) is 25.3 Å². The average Bonchev–Trinajstić information content (AvgIpc) is 2.78. The number of amides is 1. The molecule has 2 aromatic carbocycles. The second-order valence-corrected chi connectivity index (χ2v) is 9.45. The second-order valence-electron chi connectivity index (χ2n) is 7.68. The summed E-state index contributed by atoms with van der Waals surface area (Å²) < 4.78 is 28.3. The van der Waals surface area contributed by atoms with Gasteiger partial charge < -0.3 is 5.32 Å². The Hall–Kier alpha value is -3.64. The largest absolute Gasteiger partial charge is 0.349 e. The number of nitrogens with zero attached hydrogens (tertiary/aromatic N) is 3. The monoisotopic (exact) mass is 473 g/mol. The van der Waals surface area contributed by atoms with Crippen molar-refractivity contribution in [2.75, 3.05) is 13.1 Å². The van der Waals surface area contributed by atoms with Crippen molar-refractivity contribution < 1.29 is 18.1 Å². The van der Waals surface area contributed by atoms with Crippen molar-refractivity contribution >= 4 is 32.4 Å². The van der Waals surface area contributed by atoms with Crippen molar-refractivity contribution in [2.24, 2.45) is 5.92 Å². The molecule has 0 aliphatic rings. The first-order valence-electron chi connectivity index (χ1n) is 10.1. The Morgan fingerprint density at radius 1 is 1.12 bits per heavy atom. The first-order chi connectivity index (χ1) is 15.6. The Labute approximate surface area is 189 Å².